The molecular formula is C17H18FNO5S. The number of methoxy groups -OCH3 is 2. The SMILES string of the molecule is COC(=O)c1ccc(S(=O)(=O)N(C)Cc2ccc(OC)c(F)c2)cc1. The number of benzene rings is 2. The number of esters is 1. The Bertz CT molecular complexity index is 865. The average molecular weight is 367 g/mol. The van der Waals surface area contributed by atoms with Gasteiger partial charge in [0.05, 0.1) is 24.7 Å². The molecule has 0 atom stereocenters. The average Bonchev–Trinajstić information content (AvgIpc) is 2.61. The molecule has 8 heteroatoms. The molecule has 0 spiro atoms. The molecule has 0 saturated heterocycles. The summed E-state index contributed by atoms with van der Waals surface area (Å²) in [6.07, 6.45) is 0. The van der Waals surface area contributed by atoms with Crippen LogP contribution in [0.4, 0.5) is 4.39 Å². The van der Waals surface area contributed by atoms with Crippen molar-refractivity contribution in [1.82, 2.24) is 4.31 Å². The van der Waals surface area contributed by atoms with Crippen LogP contribution in [0.3, 0.4) is 0 Å². The first kappa shape index (κ1) is 18.9. The second kappa shape index (κ2) is 7.62. The van der Waals surface area contributed by atoms with Gasteiger partial charge >= 0.3 is 5.97 Å². The summed E-state index contributed by atoms with van der Waals surface area (Å²) in [6, 6.07) is 9.66. The molecule has 0 unspecified atom stereocenters. The lowest BCUT2D eigenvalue weighted by Crippen LogP contribution is -2.26. The largest absolute Gasteiger partial charge is 0.494 e. The molecule has 25 heavy (non-hydrogen) atoms. The lowest BCUT2D eigenvalue weighted by molar-refractivity contribution is 0.0600. The van der Waals surface area contributed by atoms with Crippen molar-refractivity contribution in [2.24, 2.45) is 0 Å². The monoisotopic (exact) mass is 367 g/mol. The van der Waals surface area contributed by atoms with Crippen LogP contribution in [0.25, 0.3) is 0 Å². The number of carbonyl (C=O) groups excluding carboxylic acids is 1. The Hall–Kier alpha value is -2.45. The summed E-state index contributed by atoms with van der Waals surface area (Å²) >= 11 is 0. The van der Waals surface area contributed by atoms with Crippen molar-refractivity contribution in [3.63, 3.8) is 0 Å². The first-order valence-electron chi connectivity index (χ1n) is 7.26. The van der Waals surface area contributed by atoms with E-state index in [0.717, 1.165) is 4.31 Å². The molecule has 0 bridgehead atoms. The van der Waals surface area contributed by atoms with E-state index in [-0.39, 0.29) is 22.8 Å². The molecule has 0 heterocycles. The summed E-state index contributed by atoms with van der Waals surface area (Å²) < 4.78 is 49.4. The van der Waals surface area contributed by atoms with Gasteiger partial charge in [-0.15, -0.1) is 0 Å². The van der Waals surface area contributed by atoms with Crippen LogP contribution in [0.5, 0.6) is 5.75 Å². The molecule has 0 radical (unpaired) electrons. The van der Waals surface area contributed by atoms with E-state index >= 15 is 0 Å². The molecular weight excluding hydrogens is 349 g/mol. The minimum Gasteiger partial charge on any atom is -0.494 e. The van der Waals surface area contributed by atoms with E-state index in [1.807, 2.05) is 0 Å². The molecule has 0 aliphatic heterocycles. The summed E-state index contributed by atoms with van der Waals surface area (Å²) in [5.41, 5.74) is 0.733. The number of hydrogen-bond acceptors (Lipinski definition) is 5. The molecule has 0 aliphatic carbocycles. The second-order valence-corrected chi connectivity index (χ2v) is 7.29. The van der Waals surface area contributed by atoms with Crippen molar-refractivity contribution in [3.05, 3.63) is 59.4 Å². The normalized spacial score (nSPS) is 11.4. The van der Waals surface area contributed by atoms with Gasteiger partial charge in [-0.3, -0.25) is 0 Å². The van der Waals surface area contributed by atoms with Gasteiger partial charge in [0.2, 0.25) is 10.0 Å². The van der Waals surface area contributed by atoms with Crippen molar-refractivity contribution in [2.75, 3.05) is 21.3 Å². The Balaban J connectivity index is 2.21. The molecule has 134 valence electrons. The van der Waals surface area contributed by atoms with Gasteiger partial charge in [0.25, 0.3) is 0 Å². The van der Waals surface area contributed by atoms with E-state index in [2.05, 4.69) is 4.74 Å². The molecule has 0 aliphatic rings. The molecule has 2 rings (SSSR count). The van der Waals surface area contributed by atoms with Gasteiger partial charge in [-0.2, -0.15) is 4.31 Å². The van der Waals surface area contributed by atoms with Crippen molar-refractivity contribution in [3.8, 4) is 5.75 Å². The quantitative estimate of drug-likeness (QED) is 0.734. The van der Waals surface area contributed by atoms with Crippen LogP contribution in [-0.2, 0) is 21.3 Å². The Morgan fingerprint density at radius 1 is 1.12 bits per heavy atom. The van der Waals surface area contributed by atoms with Gasteiger partial charge in [-0.1, -0.05) is 6.07 Å². The Kier molecular flexibility index (Phi) is 5.76. The fourth-order valence-electron chi connectivity index (χ4n) is 2.21. The summed E-state index contributed by atoms with van der Waals surface area (Å²) in [7, 11) is 0.206. The van der Waals surface area contributed by atoms with Crippen LogP contribution >= 0.6 is 0 Å². The molecule has 0 amide bonds. The van der Waals surface area contributed by atoms with E-state index in [0.29, 0.717) is 5.56 Å². The Morgan fingerprint density at radius 3 is 2.28 bits per heavy atom. The maximum absolute atomic E-state index is 13.7. The summed E-state index contributed by atoms with van der Waals surface area (Å²) in [6.45, 7) is -0.0119. The maximum Gasteiger partial charge on any atom is 0.337 e. The van der Waals surface area contributed by atoms with E-state index in [9.17, 15) is 17.6 Å². The van der Waals surface area contributed by atoms with Gasteiger partial charge in [0.15, 0.2) is 11.6 Å². The number of rotatable bonds is 6. The van der Waals surface area contributed by atoms with E-state index in [4.69, 9.17) is 4.74 Å². The van der Waals surface area contributed by atoms with Gasteiger partial charge in [-0.05, 0) is 42.0 Å². The van der Waals surface area contributed by atoms with Crippen molar-refractivity contribution in [2.45, 2.75) is 11.4 Å². The van der Waals surface area contributed by atoms with Gasteiger partial charge in [0, 0.05) is 13.6 Å². The van der Waals surface area contributed by atoms with E-state index < -0.39 is 21.8 Å². The predicted octanol–water partition coefficient (Wildman–Crippen LogP) is 2.44. The third-order valence-corrected chi connectivity index (χ3v) is 5.42. The number of halogens is 1. The number of ether oxygens (including phenoxy) is 2. The highest BCUT2D eigenvalue weighted by Gasteiger charge is 2.22. The lowest BCUT2D eigenvalue weighted by atomic mass is 10.2. The minimum atomic E-state index is -3.79. The van der Waals surface area contributed by atoms with Crippen LogP contribution in [0.1, 0.15) is 15.9 Å². The molecule has 0 saturated carbocycles. The van der Waals surface area contributed by atoms with Crippen LogP contribution in [0.15, 0.2) is 47.4 Å². The van der Waals surface area contributed by atoms with Crippen LogP contribution < -0.4 is 4.74 Å². The number of carbonyl (C=O) groups is 1. The molecule has 0 aromatic heterocycles. The lowest BCUT2D eigenvalue weighted by Gasteiger charge is -2.18. The van der Waals surface area contributed by atoms with E-state index in [1.54, 1.807) is 6.07 Å². The number of hydrogen-bond donors (Lipinski definition) is 0. The highest BCUT2D eigenvalue weighted by molar-refractivity contribution is 7.89. The highest BCUT2D eigenvalue weighted by atomic mass is 32.2. The fourth-order valence-corrected chi connectivity index (χ4v) is 3.37. The topological polar surface area (TPSA) is 72.9 Å². The van der Waals surface area contributed by atoms with Crippen molar-refractivity contribution >= 4 is 16.0 Å². The Labute approximate surface area is 145 Å². The number of sulfonamides is 1. The zero-order valence-electron chi connectivity index (χ0n) is 14.0. The first-order chi connectivity index (χ1) is 11.8. The summed E-state index contributed by atoms with van der Waals surface area (Å²) in [4.78, 5) is 11.4. The molecule has 0 fully saturated rings. The first-order valence-corrected chi connectivity index (χ1v) is 8.70. The van der Waals surface area contributed by atoms with Crippen molar-refractivity contribution in [1.29, 1.82) is 0 Å². The smallest absolute Gasteiger partial charge is 0.337 e. The van der Waals surface area contributed by atoms with E-state index in [1.165, 1.54) is 57.7 Å². The fraction of sp³-hybridized carbons (Fsp3) is 0.235. The predicted molar refractivity (Wildman–Crippen MR) is 89.4 cm³/mol. The van der Waals surface area contributed by atoms with Gasteiger partial charge < -0.3 is 9.47 Å². The summed E-state index contributed by atoms with van der Waals surface area (Å²) in [5, 5.41) is 0. The molecule has 6 nitrogen and oxygen atoms in total. The standard InChI is InChI=1S/C17H18FNO5S/c1-19(11-12-4-9-16(23-2)15(18)10-12)25(21,22)14-7-5-13(6-8-14)17(20)24-3/h4-10H,11H2,1-3H3. The van der Waals surface area contributed by atoms with Crippen LogP contribution in [-0.4, -0.2) is 40.0 Å². The van der Waals surface area contributed by atoms with Crippen LogP contribution in [0.2, 0.25) is 0 Å². The summed E-state index contributed by atoms with van der Waals surface area (Å²) in [5.74, 6) is -1.02. The molecule has 0 N–H and O–H groups in total. The highest BCUT2D eigenvalue weighted by Crippen LogP contribution is 2.21. The minimum absolute atomic E-state index is 0.0119. The van der Waals surface area contributed by atoms with Crippen LogP contribution in [0, 0.1) is 5.82 Å². The number of nitrogens with zero attached hydrogens (tertiary/aromatic N) is 1. The maximum atomic E-state index is 13.7. The van der Waals surface area contributed by atoms with Crippen molar-refractivity contribution < 1.29 is 27.1 Å². The second-order valence-electron chi connectivity index (χ2n) is 5.25. The zero-order valence-corrected chi connectivity index (χ0v) is 14.8. The zero-order chi connectivity index (χ0) is 18.6. The Morgan fingerprint density at radius 2 is 1.76 bits per heavy atom. The molecule has 2 aromatic rings. The van der Waals surface area contributed by atoms with Gasteiger partial charge in [0.1, 0.15) is 0 Å². The van der Waals surface area contributed by atoms with Gasteiger partial charge in [-0.25, -0.2) is 17.6 Å². The molecule has 2 aromatic carbocycles. The third-order valence-electron chi connectivity index (χ3n) is 3.61. The third kappa shape index (κ3) is 4.15.